The average Bonchev–Trinajstić information content (AvgIpc) is 2.89. The predicted octanol–water partition coefficient (Wildman–Crippen LogP) is 2.49. The number of hydrogen-bond donors (Lipinski definition) is 1. The minimum atomic E-state index is -0.907. The Morgan fingerprint density at radius 1 is 1.55 bits per heavy atom. The minimum absolute atomic E-state index is 0.000313. The highest BCUT2D eigenvalue weighted by Gasteiger charge is 2.38. The highest BCUT2D eigenvalue weighted by Crippen LogP contribution is 2.25. The summed E-state index contributed by atoms with van der Waals surface area (Å²) in [5.74, 6) is -0.907. The molecular weight excluding hydrogens is 276 g/mol. The van der Waals surface area contributed by atoms with Gasteiger partial charge in [-0.3, -0.25) is 0 Å². The molecule has 0 radical (unpaired) electrons. The van der Waals surface area contributed by atoms with E-state index in [-0.39, 0.29) is 11.9 Å². The SMILES string of the molecule is CC1CCCN(C(=O)N(C)Cc2cccs2)C1C(=O)O. The number of carbonyl (C=O) groups is 2. The summed E-state index contributed by atoms with van der Waals surface area (Å²) in [6.45, 7) is 2.94. The zero-order valence-corrected chi connectivity index (χ0v) is 12.6. The van der Waals surface area contributed by atoms with Gasteiger partial charge in [0.15, 0.2) is 0 Å². The number of rotatable bonds is 3. The molecule has 0 saturated carbocycles. The van der Waals surface area contributed by atoms with Crippen molar-refractivity contribution in [1.29, 1.82) is 0 Å². The van der Waals surface area contributed by atoms with Crippen LogP contribution in [-0.2, 0) is 11.3 Å². The lowest BCUT2D eigenvalue weighted by molar-refractivity contribution is -0.145. The Morgan fingerprint density at radius 3 is 2.90 bits per heavy atom. The first-order chi connectivity index (χ1) is 9.50. The van der Waals surface area contributed by atoms with Gasteiger partial charge in [-0.1, -0.05) is 13.0 Å². The summed E-state index contributed by atoms with van der Waals surface area (Å²) in [5, 5.41) is 11.3. The first-order valence-electron chi connectivity index (χ1n) is 6.77. The van der Waals surface area contributed by atoms with E-state index in [1.807, 2.05) is 24.4 Å². The fourth-order valence-electron chi connectivity index (χ4n) is 2.70. The molecule has 2 unspecified atom stereocenters. The lowest BCUT2D eigenvalue weighted by atomic mass is 9.91. The first-order valence-corrected chi connectivity index (χ1v) is 7.65. The number of hydrogen-bond acceptors (Lipinski definition) is 3. The van der Waals surface area contributed by atoms with Gasteiger partial charge in [0.2, 0.25) is 0 Å². The molecule has 0 bridgehead atoms. The van der Waals surface area contributed by atoms with E-state index in [0.29, 0.717) is 13.1 Å². The lowest BCUT2D eigenvalue weighted by Gasteiger charge is -2.39. The summed E-state index contributed by atoms with van der Waals surface area (Å²) < 4.78 is 0. The topological polar surface area (TPSA) is 60.9 Å². The standard InChI is InChI=1S/C14H20N2O3S/c1-10-5-3-7-16(12(10)13(17)18)14(19)15(2)9-11-6-4-8-20-11/h4,6,8,10,12H,3,5,7,9H2,1-2H3,(H,17,18). The van der Waals surface area contributed by atoms with Crippen molar-refractivity contribution in [2.45, 2.75) is 32.4 Å². The number of carboxylic acid groups (broad SMARTS) is 1. The summed E-state index contributed by atoms with van der Waals surface area (Å²) in [5.41, 5.74) is 0. The van der Waals surface area contributed by atoms with Gasteiger partial charge in [-0.15, -0.1) is 11.3 Å². The molecular formula is C14H20N2O3S. The van der Waals surface area contributed by atoms with Crippen molar-refractivity contribution >= 4 is 23.3 Å². The van der Waals surface area contributed by atoms with Gasteiger partial charge < -0.3 is 14.9 Å². The molecule has 110 valence electrons. The Balaban J connectivity index is 2.07. The highest BCUT2D eigenvalue weighted by molar-refractivity contribution is 7.09. The van der Waals surface area contributed by atoms with Gasteiger partial charge in [0.05, 0.1) is 6.54 Å². The third-order valence-corrected chi connectivity index (χ3v) is 4.59. The van der Waals surface area contributed by atoms with Gasteiger partial charge in [-0.25, -0.2) is 9.59 Å². The molecule has 2 atom stereocenters. The molecule has 1 N–H and O–H groups in total. The molecule has 0 aromatic carbocycles. The Morgan fingerprint density at radius 2 is 2.30 bits per heavy atom. The monoisotopic (exact) mass is 296 g/mol. The van der Waals surface area contributed by atoms with Crippen LogP contribution in [0.1, 0.15) is 24.6 Å². The molecule has 2 amide bonds. The number of amides is 2. The summed E-state index contributed by atoms with van der Waals surface area (Å²) >= 11 is 1.59. The molecule has 20 heavy (non-hydrogen) atoms. The molecule has 2 rings (SSSR count). The van der Waals surface area contributed by atoms with Crippen molar-refractivity contribution in [2.75, 3.05) is 13.6 Å². The molecule has 2 heterocycles. The third kappa shape index (κ3) is 3.12. The summed E-state index contributed by atoms with van der Waals surface area (Å²) in [6.07, 6.45) is 1.72. The van der Waals surface area contributed by atoms with Gasteiger partial charge in [0, 0.05) is 18.5 Å². The van der Waals surface area contributed by atoms with Gasteiger partial charge in [-0.05, 0) is 30.2 Å². The summed E-state index contributed by atoms with van der Waals surface area (Å²) in [4.78, 5) is 28.1. The maximum atomic E-state index is 12.5. The number of aliphatic carboxylic acids is 1. The summed E-state index contributed by atoms with van der Waals surface area (Å²) in [7, 11) is 1.72. The zero-order chi connectivity index (χ0) is 14.7. The van der Waals surface area contributed by atoms with Crippen molar-refractivity contribution in [3.05, 3.63) is 22.4 Å². The van der Waals surface area contributed by atoms with Gasteiger partial charge >= 0.3 is 12.0 Å². The Kier molecular flexibility index (Phi) is 4.65. The van der Waals surface area contributed by atoms with Crippen LogP contribution in [-0.4, -0.2) is 46.5 Å². The van der Waals surface area contributed by atoms with E-state index in [1.54, 1.807) is 23.3 Å². The molecule has 5 nitrogen and oxygen atoms in total. The lowest BCUT2D eigenvalue weighted by Crippen LogP contribution is -2.55. The van der Waals surface area contributed by atoms with Crippen LogP contribution in [0.5, 0.6) is 0 Å². The van der Waals surface area contributed by atoms with Crippen LogP contribution in [0.3, 0.4) is 0 Å². The predicted molar refractivity (Wildman–Crippen MR) is 77.7 cm³/mol. The molecule has 1 aromatic heterocycles. The Hall–Kier alpha value is -1.56. The van der Waals surface area contributed by atoms with Crippen LogP contribution >= 0.6 is 11.3 Å². The molecule has 1 aliphatic rings. The van der Waals surface area contributed by atoms with Gasteiger partial charge in [0.1, 0.15) is 6.04 Å². The van der Waals surface area contributed by atoms with Crippen LogP contribution < -0.4 is 0 Å². The minimum Gasteiger partial charge on any atom is -0.480 e. The smallest absolute Gasteiger partial charge is 0.326 e. The van der Waals surface area contributed by atoms with Crippen LogP contribution in [0.4, 0.5) is 4.79 Å². The third-order valence-electron chi connectivity index (χ3n) is 3.73. The number of thiophene rings is 1. The number of piperidine rings is 1. The van der Waals surface area contributed by atoms with E-state index in [9.17, 15) is 14.7 Å². The van der Waals surface area contributed by atoms with Crippen molar-refractivity contribution in [3.8, 4) is 0 Å². The number of likely N-dealkylation sites (tertiary alicyclic amines) is 1. The molecule has 1 aliphatic heterocycles. The van der Waals surface area contributed by atoms with Crippen LogP contribution in [0.2, 0.25) is 0 Å². The maximum Gasteiger partial charge on any atom is 0.326 e. The number of urea groups is 1. The molecule has 1 aromatic rings. The van der Waals surface area contributed by atoms with Crippen molar-refractivity contribution in [2.24, 2.45) is 5.92 Å². The molecule has 6 heteroatoms. The fourth-order valence-corrected chi connectivity index (χ4v) is 3.46. The molecule has 1 fully saturated rings. The quantitative estimate of drug-likeness (QED) is 0.932. The van der Waals surface area contributed by atoms with Crippen LogP contribution in [0, 0.1) is 5.92 Å². The Bertz CT molecular complexity index is 475. The molecule has 1 saturated heterocycles. The van der Waals surface area contributed by atoms with E-state index >= 15 is 0 Å². The molecule has 0 aliphatic carbocycles. The molecule has 0 spiro atoms. The number of carboxylic acids is 1. The first kappa shape index (κ1) is 14.8. The largest absolute Gasteiger partial charge is 0.480 e. The second-order valence-corrected chi connectivity index (χ2v) is 6.35. The maximum absolute atomic E-state index is 12.5. The normalized spacial score (nSPS) is 22.6. The number of nitrogens with zero attached hydrogens (tertiary/aromatic N) is 2. The van der Waals surface area contributed by atoms with E-state index in [0.717, 1.165) is 17.7 Å². The second-order valence-electron chi connectivity index (χ2n) is 5.31. The van der Waals surface area contributed by atoms with E-state index in [1.165, 1.54) is 4.90 Å². The van der Waals surface area contributed by atoms with E-state index < -0.39 is 12.0 Å². The summed E-state index contributed by atoms with van der Waals surface area (Å²) in [6, 6.07) is 3.02. The fraction of sp³-hybridized carbons (Fsp3) is 0.571. The highest BCUT2D eigenvalue weighted by atomic mass is 32.1. The van der Waals surface area contributed by atoms with E-state index in [4.69, 9.17) is 0 Å². The number of carbonyl (C=O) groups excluding carboxylic acids is 1. The van der Waals surface area contributed by atoms with Gasteiger partial charge in [-0.2, -0.15) is 0 Å². The van der Waals surface area contributed by atoms with Crippen LogP contribution in [0.15, 0.2) is 17.5 Å². The van der Waals surface area contributed by atoms with E-state index in [2.05, 4.69) is 0 Å². The second kappa shape index (κ2) is 6.26. The van der Waals surface area contributed by atoms with Gasteiger partial charge in [0.25, 0.3) is 0 Å². The van der Waals surface area contributed by atoms with Crippen LogP contribution in [0.25, 0.3) is 0 Å². The van der Waals surface area contributed by atoms with Crippen molar-refractivity contribution < 1.29 is 14.7 Å². The van der Waals surface area contributed by atoms with Crippen molar-refractivity contribution in [3.63, 3.8) is 0 Å². The van der Waals surface area contributed by atoms with Crippen molar-refractivity contribution in [1.82, 2.24) is 9.80 Å². The zero-order valence-electron chi connectivity index (χ0n) is 11.8. The average molecular weight is 296 g/mol. The Labute approximate surface area is 122 Å².